The van der Waals surface area contributed by atoms with Gasteiger partial charge < -0.3 is 15.3 Å². The first kappa shape index (κ1) is 14.5. The molecule has 5 nitrogen and oxygen atoms in total. The van der Waals surface area contributed by atoms with Crippen molar-refractivity contribution in [3.63, 3.8) is 0 Å². The van der Waals surface area contributed by atoms with Crippen molar-refractivity contribution in [2.24, 2.45) is 0 Å². The number of amides is 2. The molecule has 0 aromatic heterocycles. The van der Waals surface area contributed by atoms with Crippen molar-refractivity contribution in [2.45, 2.75) is 13.8 Å². The molecule has 0 aliphatic carbocycles. The van der Waals surface area contributed by atoms with E-state index in [4.69, 9.17) is 5.11 Å². The molecule has 0 aliphatic heterocycles. The van der Waals surface area contributed by atoms with E-state index in [9.17, 15) is 9.59 Å². The fraction of sp³-hybridized carbons (Fsp3) is 0.333. The lowest BCUT2D eigenvalue weighted by Crippen LogP contribution is -2.34. The summed E-state index contributed by atoms with van der Waals surface area (Å²) in [5, 5.41) is 11.6. The minimum Gasteiger partial charge on any atom is -0.478 e. The van der Waals surface area contributed by atoms with Gasteiger partial charge in [-0.1, -0.05) is 0 Å². The van der Waals surface area contributed by atoms with Crippen LogP contribution in [0.1, 0.15) is 24.2 Å². The van der Waals surface area contributed by atoms with Crippen molar-refractivity contribution in [2.75, 3.05) is 18.4 Å². The number of aromatic carboxylic acids is 1. The molecular formula is C12H15BrN2O3. The Bertz CT molecular complexity index is 459. The lowest BCUT2D eigenvalue weighted by molar-refractivity contribution is 0.0697. The smallest absolute Gasteiger partial charge is 0.335 e. The predicted molar refractivity (Wildman–Crippen MR) is 73.0 cm³/mol. The number of nitrogens with one attached hydrogen (secondary N) is 1. The van der Waals surface area contributed by atoms with E-state index in [0.29, 0.717) is 23.2 Å². The average Bonchev–Trinajstić information content (AvgIpc) is 2.33. The summed E-state index contributed by atoms with van der Waals surface area (Å²) in [4.78, 5) is 24.2. The van der Waals surface area contributed by atoms with E-state index in [1.807, 2.05) is 13.8 Å². The molecule has 1 aromatic carbocycles. The normalized spacial score (nSPS) is 9.94. The molecule has 0 fully saturated rings. The second-order valence-electron chi connectivity index (χ2n) is 3.60. The standard InChI is InChI=1S/C12H15BrN2O3/c1-3-15(4-2)12(18)14-10-6-5-8(11(16)17)7-9(10)13/h5-7H,3-4H2,1-2H3,(H,14,18)(H,16,17). The quantitative estimate of drug-likeness (QED) is 0.897. The van der Waals surface area contributed by atoms with E-state index in [0.717, 1.165) is 0 Å². The Balaban J connectivity index is 2.86. The van der Waals surface area contributed by atoms with E-state index in [1.54, 1.807) is 11.0 Å². The summed E-state index contributed by atoms with van der Waals surface area (Å²) in [6.45, 7) is 5.03. The van der Waals surface area contributed by atoms with Crippen molar-refractivity contribution >= 4 is 33.6 Å². The van der Waals surface area contributed by atoms with Gasteiger partial charge >= 0.3 is 12.0 Å². The van der Waals surface area contributed by atoms with Crippen LogP contribution >= 0.6 is 15.9 Å². The van der Waals surface area contributed by atoms with Crippen LogP contribution in [0.2, 0.25) is 0 Å². The Morgan fingerprint density at radius 3 is 2.39 bits per heavy atom. The highest BCUT2D eigenvalue weighted by atomic mass is 79.9. The summed E-state index contributed by atoms with van der Waals surface area (Å²) in [5.41, 5.74) is 0.722. The van der Waals surface area contributed by atoms with Crippen molar-refractivity contribution in [1.82, 2.24) is 4.90 Å². The number of rotatable bonds is 4. The number of hydrogen-bond donors (Lipinski definition) is 2. The third kappa shape index (κ3) is 3.46. The number of benzene rings is 1. The molecule has 1 aromatic rings. The number of anilines is 1. The number of hydrogen-bond acceptors (Lipinski definition) is 2. The van der Waals surface area contributed by atoms with Gasteiger partial charge in [0.15, 0.2) is 0 Å². The van der Waals surface area contributed by atoms with Crippen LogP contribution in [0, 0.1) is 0 Å². The Kier molecular flexibility index (Phi) is 5.15. The molecule has 0 aliphatic rings. The molecule has 2 amide bonds. The SMILES string of the molecule is CCN(CC)C(=O)Nc1ccc(C(=O)O)cc1Br. The maximum absolute atomic E-state index is 11.8. The number of carboxylic acid groups (broad SMARTS) is 1. The molecule has 6 heteroatoms. The number of halogens is 1. The van der Waals surface area contributed by atoms with Gasteiger partial charge in [0.05, 0.1) is 11.3 Å². The van der Waals surface area contributed by atoms with E-state index >= 15 is 0 Å². The maximum Gasteiger partial charge on any atom is 0.335 e. The van der Waals surface area contributed by atoms with Crippen LogP contribution in [0.3, 0.4) is 0 Å². The summed E-state index contributed by atoms with van der Waals surface area (Å²) < 4.78 is 0.544. The van der Waals surface area contributed by atoms with Gasteiger partial charge in [-0.15, -0.1) is 0 Å². The van der Waals surface area contributed by atoms with Gasteiger partial charge in [-0.05, 0) is 48.0 Å². The van der Waals surface area contributed by atoms with Gasteiger partial charge in [0.1, 0.15) is 0 Å². The van der Waals surface area contributed by atoms with E-state index in [2.05, 4.69) is 21.2 Å². The van der Waals surface area contributed by atoms with E-state index in [-0.39, 0.29) is 11.6 Å². The number of carboxylic acids is 1. The predicted octanol–water partition coefficient (Wildman–Crippen LogP) is 3.02. The Labute approximate surface area is 114 Å². The minimum absolute atomic E-state index is 0.169. The Morgan fingerprint density at radius 2 is 1.94 bits per heavy atom. The third-order valence-corrected chi connectivity index (χ3v) is 3.16. The monoisotopic (exact) mass is 314 g/mol. The number of nitrogens with zero attached hydrogens (tertiary/aromatic N) is 1. The van der Waals surface area contributed by atoms with Gasteiger partial charge in [-0.25, -0.2) is 9.59 Å². The third-order valence-electron chi connectivity index (χ3n) is 2.51. The molecule has 98 valence electrons. The average molecular weight is 315 g/mol. The molecule has 0 heterocycles. The second kappa shape index (κ2) is 6.39. The lowest BCUT2D eigenvalue weighted by Gasteiger charge is -2.19. The van der Waals surface area contributed by atoms with Crippen molar-refractivity contribution in [1.29, 1.82) is 0 Å². The first-order valence-electron chi connectivity index (χ1n) is 5.58. The molecule has 1 rings (SSSR count). The zero-order valence-corrected chi connectivity index (χ0v) is 11.8. The van der Waals surface area contributed by atoms with Crippen molar-refractivity contribution in [3.05, 3.63) is 28.2 Å². The van der Waals surface area contributed by atoms with Crippen LogP contribution in [0.5, 0.6) is 0 Å². The van der Waals surface area contributed by atoms with Gasteiger partial charge in [0, 0.05) is 17.6 Å². The summed E-state index contributed by atoms with van der Waals surface area (Å²) in [6, 6.07) is 4.27. The highest BCUT2D eigenvalue weighted by Crippen LogP contribution is 2.24. The fourth-order valence-electron chi connectivity index (χ4n) is 1.45. The minimum atomic E-state index is -1.00. The number of urea groups is 1. The molecule has 0 radical (unpaired) electrons. The van der Waals surface area contributed by atoms with E-state index < -0.39 is 5.97 Å². The molecule has 2 N–H and O–H groups in total. The molecule has 0 saturated carbocycles. The molecule has 0 unspecified atom stereocenters. The summed E-state index contributed by atoms with van der Waals surface area (Å²) in [7, 11) is 0. The van der Waals surface area contributed by atoms with Crippen LogP contribution in [-0.4, -0.2) is 35.1 Å². The van der Waals surface area contributed by atoms with Crippen LogP contribution in [0.15, 0.2) is 22.7 Å². The molecular weight excluding hydrogens is 300 g/mol. The Morgan fingerprint density at radius 1 is 1.33 bits per heavy atom. The van der Waals surface area contributed by atoms with E-state index in [1.165, 1.54) is 12.1 Å². The van der Waals surface area contributed by atoms with Gasteiger partial charge in [0.2, 0.25) is 0 Å². The zero-order valence-electron chi connectivity index (χ0n) is 10.2. The van der Waals surface area contributed by atoms with Crippen molar-refractivity contribution in [3.8, 4) is 0 Å². The Hall–Kier alpha value is -1.56. The first-order valence-corrected chi connectivity index (χ1v) is 6.37. The fourth-order valence-corrected chi connectivity index (χ4v) is 1.93. The molecule has 0 spiro atoms. The summed E-state index contributed by atoms with van der Waals surface area (Å²) >= 11 is 3.24. The number of carbonyl (C=O) groups excluding carboxylic acids is 1. The summed E-state index contributed by atoms with van der Waals surface area (Å²) in [5.74, 6) is -1.00. The topological polar surface area (TPSA) is 69.6 Å². The summed E-state index contributed by atoms with van der Waals surface area (Å²) in [6.07, 6.45) is 0. The van der Waals surface area contributed by atoms with Crippen LogP contribution in [-0.2, 0) is 0 Å². The van der Waals surface area contributed by atoms with Crippen LogP contribution in [0.4, 0.5) is 10.5 Å². The highest BCUT2D eigenvalue weighted by Gasteiger charge is 2.12. The van der Waals surface area contributed by atoms with Gasteiger partial charge in [-0.3, -0.25) is 0 Å². The van der Waals surface area contributed by atoms with Gasteiger partial charge in [0.25, 0.3) is 0 Å². The lowest BCUT2D eigenvalue weighted by atomic mass is 10.2. The largest absolute Gasteiger partial charge is 0.478 e. The van der Waals surface area contributed by atoms with Crippen LogP contribution in [0.25, 0.3) is 0 Å². The van der Waals surface area contributed by atoms with Gasteiger partial charge in [-0.2, -0.15) is 0 Å². The van der Waals surface area contributed by atoms with Crippen molar-refractivity contribution < 1.29 is 14.7 Å². The molecule has 0 atom stereocenters. The first-order chi connectivity index (χ1) is 8.49. The zero-order chi connectivity index (χ0) is 13.7. The van der Waals surface area contributed by atoms with Crippen LogP contribution < -0.4 is 5.32 Å². The molecule has 0 saturated heterocycles. The highest BCUT2D eigenvalue weighted by molar-refractivity contribution is 9.10. The number of carbonyl (C=O) groups is 2. The maximum atomic E-state index is 11.8. The molecule has 0 bridgehead atoms. The molecule has 18 heavy (non-hydrogen) atoms. The second-order valence-corrected chi connectivity index (χ2v) is 4.46.